The molecule has 0 spiro atoms. The van der Waals surface area contributed by atoms with E-state index in [-0.39, 0.29) is 5.41 Å². The summed E-state index contributed by atoms with van der Waals surface area (Å²) in [6, 6.07) is 43.2. The average Bonchev–Trinajstić information content (AvgIpc) is 3.53. The van der Waals surface area contributed by atoms with Crippen LogP contribution in [0.25, 0.3) is 64.0 Å². The van der Waals surface area contributed by atoms with Crippen molar-refractivity contribution in [3.05, 3.63) is 144 Å². The molecule has 9 rings (SSSR count). The lowest BCUT2D eigenvalue weighted by Crippen LogP contribution is -2.17. The van der Waals surface area contributed by atoms with E-state index in [0.717, 1.165) is 12.8 Å². The second-order valence-electron chi connectivity index (χ2n) is 12.5. The van der Waals surface area contributed by atoms with Gasteiger partial charge in [0, 0.05) is 25.6 Å². The second-order valence-corrected chi connectivity index (χ2v) is 13.5. The van der Waals surface area contributed by atoms with Gasteiger partial charge in [-0.3, -0.25) is 0 Å². The second kappa shape index (κ2) is 8.77. The number of thiophene rings is 1. The zero-order valence-corrected chi connectivity index (χ0v) is 24.7. The monoisotopic (exact) mass is 554 g/mol. The van der Waals surface area contributed by atoms with Gasteiger partial charge in [-0.15, -0.1) is 11.3 Å². The lowest BCUT2D eigenvalue weighted by molar-refractivity contribution is 0.652. The molecule has 0 bridgehead atoms. The van der Waals surface area contributed by atoms with E-state index in [4.69, 9.17) is 0 Å². The molecule has 42 heavy (non-hydrogen) atoms. The first kappa shape index (κ1) is 24.2. The summed E-state index contributed by atoms with van der Waals surface area (Å²) >= 11 is 1.93. The van der Waals surface area contributed by atoms with Gasteiger partial charge in [0.1, 0.15) is 0 Å². The normalized spacial score (nSPS) is 15.9. The summed E-state index contributed by atoms with van der Waals surface area (Å²) in [4.78, 5) is 0. The van der Waals surface area contributed by atoms with Crippen molar-refractivity contribution in [2.24, 2.45) is 0 Å². The van der Waals surface area contributed by atoms with Crippen LogP contribution in [-0.2, 0) is 5.41 Å². The molecular weight excluding hydrogens is 525 g/mol. The highest BCUT2D eigenvalue weighted by Gasteiger charge is 2.37. The van der Waals surface area contributed by atoms with Crippen molar-refractivity contribution < 1.29 is 0 Å². The van der Waals surface area contributed by atoms with Crippen molar-refractivity contribution in [1.29, 1.82) is 0 Å². The summed E-state index contributed by atoms with van der Waals surface area (Å²) in [5.41, 5.74) is 11.5. The molecule has 0 amide bonds. The molecule has 2 aliphatic carbocycles. The van der Waals surface area contributed by atoms with Gasteiger partial charge in [0.05, 0.1) is 0 Å². The van der Waals surface area contributed by atoms with Gasteiger partial charge in [0.25, 0.3) is 0 Å². The minimum absolute atomic E-state index is 0.0588. The lowest BCUT2D eigenvalue weighted by atomic mass is 9.78. The van der Waals surface area contributed by atoms with Crippen molar-refractivity contribution in [2.45, 2.75) is 32.1 Å². The van der Waals surface area contributed by atoms with Gasteiger partial charge in [0.2, 0.25) is 0 Å². The van der Waals surface area contributed by atoms with Crippen LogP contribution in [0, 0.1) is 0 Å². The Morgan fingerprint density at radius 1 is 0.548 bits per heavy atom. The standard InChI is InChI=1S/C41H30S/c1-41(2)37-13-6-5-10-33(37)34-20-19-29(24-38(34)41)27-14-15-28-23-30(17-16-26(28)22-27)32-11-7-12-35-36-21-18-25-8-3-4-9-31(25)39(36)42-40(32)35/h3-18,21-24H,19-20H2,1-2H3. The highest BCUT2D eigenvalue weighted by molar-refractivity contribution is 7.27. The maximum Gasteiger partial charge on any atom is 0.0434 e. The summed E-state index contributed by atoms with van der Waals surface area (Å²) in [5, 5.41) is 7.96. The zero-order valence-electron chi connectivity index (χ0n) is 23.9. The molecular formula is C41H30S. The fourth-order valence-corrected chi connectivity index (χ4v) is 8.97. The maximum absolute atomic E-state index is 2.50. The highest BCUT2D eigenvalue weighted by atomic mass is 32.1. The predicted molar refractivity (Wildman–Crippen MR) is 183 cm³/mol. The van der Waals surface area contributed by atoms with Gasteiger partial charge < -0.3 is 0 Å². The molecule has 200 valence electrons. The van der Waals surface area contributed by atoms with Crippen LogP contribution in [0.2, 0.25) is 0 Å². The topological polar surface area (TPSA) is 0 Å². The number of fused-ring (bicyclic) bond motifs is 8. The van der Waals surface area contributed by atoms with Crippen LogP contribution in [-0.4, -0.2) is 0 Å². The Labute approximate surface area is 250 Å². The molecule has 6 aromatic carbocycles. The summed E-state index contributed by atoms with van der Waals surface area (Å²) in [5.74, 6) is 0. The first-order chi connectivity index (χ1) is 20.6. The quantitative estimate of drug-likeness (QED) is 0.199. The van der Waals surface area contributed by atoms with Crippen molar-refractivity contribution in [1.82, 2.24) is 0 Å². The molecule has 0 unspecified atom stereocenters. The lowest BCUT2D eigenvalue weighted by Gasteiger charge is -2.26. The highest BCUT2D eigenvalue weighted by Crippen LogP contribution is 2.52. The Morgan fingerprint density at radius 2 is 1.24 bits per heavy atom. The number of allylic oxidation sites excluding steroid dienone is 4. The Bertz CT molecular complexity index is 2320. The summed E-state index contributed by atoms with van der Waals surface area (Å²) in [6.45, 7) is 4.77. The third-order valence-electron chi connectivity index (χ3n) is 9.80. The van der Waals surface area contributed by atoms with E-state index in [1.54, 1.807) is 5.57 Å². The molecule has 7 aromatic rings. The molecule has 0 radical (unpaired) electrons. The Morgan fingerprint density at radius 3 is 2.14 bits per heavy atom. The molecule has 0 atom stereocenters. The van der Waals surface area contributed by atoms with Crippen molar-refractivity contribution in [3.8, 4) is 11.1 Å². The fraction of sp³-hybridized carbons (Fsp3) is 0.122. The minimum atomic E-state index is 0.0588. The first-order valence-corrected chi connectivity index (χ1v) is 15.8. The van der Waals surface area contributed by atoms with Crippen molar-refractivity contribution in [3.63, 3.8) is 0 Å². The van der Waals surface area contributed by atoms with Gasteiger partial charge in [-0.1, -0.05) is 123 Å². The van der Waals surface area contributed by atoms with Crippen LogP contribution in [0.15, 0.2) is 127 Å². The Kier molecular flexibility index (Phi) is 5.05. The van der Waals surface area contributed by atoms with Crippen LogP contribution in [0.4, 0.5) is 0 Å². The van der Waals surface area contributed by atoms with Crippen LogP contribution in [0.3, 0.4) is 0 Å². The van der Waals surface area contributed by atoms with E-state index in [0.29, 0.717) is 0 Å². The SMILES string of the molecule is CC1(C)C2=C(CCC(c3ccc4cc(-c5cccc6c5sc5c7ccccc7ccc65)ccc4c3)=C2)c2ccccc21. The molecule has 1 heterocycles. The van der Waals surface area contributed by atoms with Gasteiger partial charge in [0.15, 0.2) is 0 Å². The summed E-state index contributed by atoms with van der Waals surface area (Å²) < 4.78 is 2.75. The molecule has 0 fully saturated rings. The molecule has 1 aromatic heterocycles. The summed E-state index contributed by atoms with van der Waals surface area (Å²) in [7, 11) is 0. The molecule has 0 nitrogen and oxygen atoms in total. The maximum atomic E-state index is 2.50. The van der Waals surface area contributed by atoms with Crippen LogP contribution in [0.5, 0.6) is 0 Å². The number of rotatable bonds is 2. The molecule has 0 N–H and O–H groups in total. The predicted octanol–water partition coefficient (Wildman–Crippen LogP) is 12.0. The Hall–Kier alpha value is -4.46. The van der Waals surface area contributed by atoms with Crippen LogP contribution < -0.4 is 0 Å². The fourth-order valence-electron chi connectivity index (χ4n) is 7.60. The average molecular weight is 555 g/mol. The molecule has 0 saturated heterocycles. The number of hydrogen-bond donors (Lipinski definition) is 0. The third kappa shape index (κ3) is 3.41. The van der Waals surface area contributed by atoms with E-state index >= 15 is 0 Å². The van der Waals surface area contributed by atoms with E-state index in [1.165, 1.54) is 80.7 Å². The molecule has 0 aliphatic heterocycles. The minimum Gasteiger partial charge on any atom is -0.134 e. The van der Waals surface area contributed by atoms with Crippen LogP contribution in [0.1, 0.15) is 43.4 Å². The molecule has 1 heteroatoms. The van der Waals surface area contributed by atoms with E-state index < -0.39 is 0 Å². The van der Waals surface area contributed by atoms with Gasteiger partial charge in [-0.25, -0.2) is 0 Å². The van der Waals surface area contributed by atoms with Crippen molar-refractivity contribution in [2.75, 3.05) is 0 Å². The zero-order chi connectivity index (χ0) is 28.0. The van der Waals surface area contributed by atoms with Crippen LogP contribution >= 0.6 is 11.3 Å². The largest absolute Gasteiger partial charge is 0.134 e. The van der Waals surface area contributed by atoms with Gasteiger partial charge in [-0.05, 0) is 91.1 Å². The molecule has 0 saturated carbocycles. The number of benzene rings is 6. The van der Waals surface area contributed by atoms with Gasteiger partial charge in [-0.2, -0.15) is 0 Å². The van der Waals surface area contributed by atoms with E-state index in [1.807, 2.05) is 11.3 Å². The van der Waals surface area contributed by atoms with E-state index in [9.17, 15) is 0 Å². The molecule has 2 aliphatic rings. The first-order valence-electron chi connectivity index (χ1n) is 15.0. The summed E-state index contributed by atoms with van der Waals surface area (Å²) in [6.07, 6.45) is 4.71. The number of hydrogen-bond acceptors (Lipinski definition) is 1. The smallest absolute Gasteiger partial charge is 0.0434 e. The van der Waals surface area contributed by atoms with Gasteiger partial charge >= 0.3 is 0 Å². The third-order valence-corrected chi connectivity index (χ3v) is 11.1. The van der Waals surface area contributed by atoms with Crippen molar-refractivity contribution >= 4 is 64.2 Å². The Balaban J connectivity index is 1.12. The van der Waals surface area contributed by atoms with E-state index in [2.05, 4.69) is 135 Å².